The van der Waals surface area contributed by atoms with Gasteiger partial charge in [-0.05, 0) is 25.3 Å². The lowest BCUT2D eigenvalue weighted by molar-refractivity contribution is -0.131. The molecule has 0 bridgehead atoms. The molecule has 0 unspecified atom stereocenters. The summed E-state index contributed by atoms with van der Waals surface area (Å²) in [4.78, 5) is 13.8. The monoisotopic (exact) mass is 378 g/mol. The summed E-state index contributed by atoms with van der Waals surface area (Å²) in [5.74, 6) is 0.612. The number of halogens is 1. The van der Waals surface area contributed by atoms with Crippen LogP contribution in [0.2, 0.25) is 0 Å². The number of hydrogen-bond acceptors (Lipinski definition) is 6. The molecule has 1 saturated heterocycles. The Morgan fingerprint density at radius 3 is 2.58 bits per heavy atom. The van der Waals surface area contributed by atoms with E-state index in [0.29, 0.717) is 38.4 Å². The van der Waals surface area contributed by atoms with Crippen molar-refractivity contribution in [3.05, 3.63) is 18.0 Å². The first-order valence-corrected chi connectivity index (χ1v) is 9.51. The van der Waals surface area contributed by atoms with Crippen molar-refractivity contribution in [2.45, 2.75) is 18.6 Å². The van der Waals surface area contributed by atoms with Crippen LogP contribution in [0.15, 0.2) is 16.9 Å². The number of nitrogens with zero attached hydrogens (tertiary/aromatic N) is 3. The molecular weight excluding hydrogens is 356 g/mol. The number of piperazine rings is 1. The molecule has 2 aliphatic rings. The van der Waals surface area contributed by atoms with E-state index in [-0.39, 0.29) is 24.1 Å². The molecule has 1 aromatic rings. The number of hydrogen-bond donors (Lipinski definition) is 1. The van der Waals surface area contributed by atoms with Gasteiger partial charge in [0.15, 0.2) is 0 Å². The average molecular weight is 379 g/mol. The highest BCUT2D eigenvalue weighted by atomic mass is 35.5. The van der Waals surface area contributed by atoms with Gasteiger partial charge in [-0.3, -0.25) is 4.79 Å². The van der Waals surface area contributed by atoms with Gasteiger partial charge in [0.05, 0.1) is 12.2 Å². The third-order valence-corrected chi connectivity index (χ3v) is 6.02. The maximum atomic E-state index is 12.3. The topological polar surface area (TPSA) is 95.8 Å². The zero-order valence-corrected chi connectivity index (χ0v) is 15.0. The van der Waals surface area contributed by atoms with E-state index in [1.807, 2.05) is 0 Å². The van der Waals surface area contributed by atoms with Crippen LogP contribution in [0.25, 0.3) is 0 Å². The van der Waals surface area contributed by atoms with Crippen molar-refractivity contribution in [3.8, 4) is 0 Å². The minimum atomic E-state index is -3.42. The Labute approximate surface area is 148 Å². The van der Waals surface area contributed by atoms with E-state index >= 15 is 0 Å². The Morgan fingerprint density at radius 2 is 2.00 bits per heavy atom. The number of aromatic nitrogens is 1. The molecule has 0 aromatic carbocycles. The van der Waals surface area contributed by atoms with Gasteiger partial charge < -0.3 is 14.7 Å². The lowest BCUT2D eigenvalue weighted by Crippen LogP contribution is -2.52. The van der Waals surface area contributed by atoms with Gasteiger partial charge in [-0.1, -0.05) is 5.16 Å². The van der Waals surface area contributed by atoms with Crippen LogP contribution in [0.4, 0.5) is 0 Å². The van der Waals surface area contributed by atoms with E-state index in [0.717, 1.165) is 12.5 Å². The Morgan fingerprint density at radius 1 is 1.29 bits per heavy atom. The Bertz CT molecular complexity index is 625. The number of carbonyl (C=O) groups is 1. The summed E-state index contributed by atoms with van der Waals surface area (Å²) in [5, 5.41) is 6.81. The van der Waals surface area contributed by atoms with Gasteiger partial charge in [0.1, 0.15) is 12.0 Å². The van der Waals surface area contributed by atoms with E-state index in [9.17, 15) is 13.2 Å². The van der Waals surface area contributed by atoms with Gasteiger partial charge in [0, 0.05) is 32.2 Å². The molecule has 10 heteroatoms. The molecule has 3 rings (SSSR count). The number of carbonyl (C=O) groups excluding carboxylic acids is 1. The summed E-state index contributed by atoms with van der Waals surface area (Å²) >= 11 is 0. The normalized spacial score (nSPS) is 19.1. The molecule has 24 heavy (non-hydrogen) atoms. The molecule has 0 atom stereocenters. The maximum Gasteiger partial charge on any atom is 0.236 e. The Balaban J connectivity index is 0.00000208. The van der Waals surface area contributed by atoms with Gasteiger partial charge in [0.25, 0.3) is 0 Å². The maximum absolute atomic E-state index is 12.3. The highest BCUT2D eigenvalue weighted by Crippen LogP contribution is 2.27. The first kappa shape index (κ1) is 19.2. The summed E-state index contributed by atoms with van der Waals surface area (Å²) < 4.78 is 30.7. The van der Waals surface area contributed by atoms with Crippen LogP contribution < -0.4 is 5.32 Å². The number of nitrogens with one attached hydrogen (secondary N) is 1. The van der Waals surface area contributed by atoms with Crippen LogP contribution in [-0.2, 0) is 20.6 Å². The smallest absolute Gasteiger partial charge is 0.236 e. The van der Waals surface area contributed by atoms with Crippen LogP contribution in [0.1, 0.15) is 18.5 Å². The molecule has 2 fully saturated rings. The minimum absolute atomic E-state index is 0. The highest BCUT2D eigenvalue weighted by molar-refractivity contribution is 7.88. The largest absolute Gasteiger partial charge is 0.364 e. The number of sulfonamides is 1. The van der Waals surface area contributed by atoms with Crippen molar-refractivity contribution >= 4 is 28.3 Å². The second-order valence-electron chi connectivity index (χ2n) is 6.10. The predicted molar refractivity (Wildman–Crippen MR) is 90.1 cm³/mol. The average Bonchev–Trinajstić information content (AvgIpc) is 3.22. The fourth-order valence-corrected chi connectivity index (χ4v) is 4.05. The first-order chi connectivity index (χ1) is 11.0. The molecule has 1 aliphatic carbocycles. The van der Waals surface area contributed by atoms with Crippen molar-refractivity contribution in [3.63, 3.8) is 0 Å². The molecular formula is C14H23ClN4O4S. The zero-order chi connectivity index (χ0) is 16.3. The predicted octanol–water partition coefficient (Wildman–Crippen LogP) is 0.0700. The SMILES string of the molecule is Cl.O=C(CNCC1CC1)N1CCN(S(=O)(=O)Cc2ccon2)CC1. The molecule has 1 N–H and O–H groups in total. The molecule has 2 heterocycles. The molecule has 136 valence electrons. The van der Waals surface area contributed by atoms with E-state index in [1.165, 1.54) is 23.4 Å². The van der Waals surface area contributed by atoms with E-state index in [4.69, 9.17) is 0 Å². The summed E-state index contributed by atoms with van der Waals surface area (Å²) in [7, 11) is -3.42. The molecule has 1 aliphatic heterocycles. The van der Waals surface area contributed by atoms with Gasteiger partial charge in [-0.15, -0.1) is 12.4 Å². The van der Waals surface area contributed by atoms with Gasteiger partial charge in [-0.2, -0.15) is 4.31 Å². The second kappa shape index (κ2) is 8.28. The zero-order valence-electron chi connectivity index (χ0n) is 13.4. The van der Waals surface area contributed by atoms with Crippen LogP contribution >= 0.6 is 12.4 Å². The van der Waals surface area contributed by atoms with E-state index < -0.39 is 10.0 Å². The summed E-state index contributed by atoms with van der Waals surface area (Å²) in [5.41, 5.74) is 0.396. The fourth-order valence-electron chi connectivity index (χ4n) is 2.62. The molecule has 1 aromatic heterocycles. The van der Waals surface area contributed by atoms with Crippen molar-refractivity contribution in [1.29, 1.82) is 0 Å². The van der Waals surface area contributed by atoms with Crippen molar-refractivity contribution in [2.24, 2.45) is 5.92 Å². The quantitative estimate of drug-likeness (QED) is 0.721. The standard InChI is InChI=1S/C14H22N4O4S.ClH/c19-14(10-15-9-12-1-2-12)17-4-6-18(7-5-17)23(20,21)11-13-3-8-22-16-13;/h3,8,12,15H,1-2,4-7,9-11H2;1H. The molecule has 0 radical (unpaired) electrons. The van der Waals surface area contributed by atoms with Gasteiger partial charge in [-0.25, -0.2) is 8.42 Å². The Kier molecular flexibility index (Phi) is 6.62. The van der Waals surface area contributed by atoms with Crippen LogP contribution in [0, 0.1) is 5.92 Å². The molecule has 1 amide bonds. The minimum Gasteiger partial charge on any atom is -0.364 e. The van der Waals surface area contributed by atoms with E-state index in [1.54, 1.807) is 11.0 Å². The third kappa shape index (κ3) is 5.17. The third-order valence-electron chi connectivity index (χ3n) is 4.21. The summed E-state index contributed by atoms with van der Waals surface area (Å²) in [6.07, 6.45) is 3.86. The number of rotatable bonds is 7. The van der Waals surface area contributed by atoms with Gasteiger partial charge >= 0.3 is 0 Å². The van der Waals surface area contributed by atoms with Crippen LogP contribution in [-0.4, -0.2) is 68.0 Å². The van der Waals surface area contributed by atoms with Crippen LogP contribution in [0.3, 0.4) is 0 Å². The Hall–Kier alpha value is -1.16. The first-order valence-electron chi connectivity index (χ1n) is 7.90. The second-order valence-corrected chi connectivity index (χ2v) is 8.07. The van der Waals surface area contributed by atoms with Crippen molar-refractivity contribution in [2.75, 3.05) is 39.3 Å². The van der Waals surface area contributed by atoms with E-state index in [2.05, 4.69) is 15.0 Å². The summed E-state index contributed by atoms with van der Waals surface area (Å²) in [6.45, 7) is 2.76. The molecule has 8 nitrogen and oxygen atoms in total. The van der Waals surface area contributed by atoms with Crippen molar-refractivity contribution < 1.29 is 17.7 Å². The lowest BCUT2D eigenvalue weighted by atomic mass is 10.3. The fraction of sp³-hybridized carbons (Fsp3) is 0.714. The molecule has 0 spiro atoms. The molecule has 1 saturated carbocycles. The van der Waals surface area contributed by atoms with Crippen LogP contribution in [0.5, 0.6) is 0 Å². The lowest BCUT2D eigenvalue weighted by Gasteiger charge is -2.34. The number of amides is 1. The van der Waals surface area contributed by atoms with Gasteiger partial charge in [0.2, 0.25) is 15.9 Å². The summed E-state index contributed by atoms with van der Waals surface area (Å²) in [6, 6.07) is 1.54. The van der Waals surface area contributed by atoms with Crippen molar-refractivity contribution in [1.82, 2.24) is 19.7 Å². The highest BCUT2D eigenvalue weighted by Gasteiger charge is 2.29.